The molecular weight excluding hydrogens is 413 g/mol. The van der Waals surface area contributed by atoms with Gasteiger partial charge in [0.2, 0.25) is 5.91 Å². The van der Waals surface area contributed by atoms with Gasteiger partial charge in [0.1, 0.15) is 5.82 Å². The van der Waals surface area contributed by atoms with Gasteiger partial charge in [0.25, 0.3) is 0 Å². The number of aromatic nitrogens is 1. The summed E-state index contributed by atoms with van der Waals surface area (Å²) in [4.78, 5) is 19.3. The van der Waals surface area contributed by atoms with Crippen LogP contribution in [0.5, 0.6) is 0 Å². The molecule has 0 radical (unpaired) electrons. The Morgan fingerprint density at radius 1 is 1.06 bits per heavy atom. The molecule has 0 spiro atoms. The molecule has 3 aromatic rings. The number of nitrogens with one attached hydrogen (secondary N) is 1. The van der Waals surface area contributed by atoms with Crippen LogP contribution in [0.25, 0.3) is 0 Å². The third kappa shape index (κ3) is 6.12. The average molecular weight is 438 g/mol. The highest BCUT2D eigenvalue weighted by Gasteiger charge is 2.23. The second-order valence-electron chi connectivity index (χ2n) is 8.02. The Hall–Kier alpha value is -2.76. The molecule has 1 amide bonds. The first kappa shape index (κ1) is 21.5. The fourth-order valence-corrected chi connectivity index (χ4v) is 4.12. The Balaban J connectivity index is 1.31. The molecule has 4 nitrogen and oxygen atoms in total. The number of carbonyl (C=O) groups is 1. The average Bonchev–Trinajstić information content (AvgIpc) is 2.78. The van der Waals surface area contributed by atoms with Crippen LogP contribution in [-0.4, -0.2) is 35.4 Å². The van der Waals surface area contributed by atoms with E-state index in [1.807, 2.05) is 30.5 Å². The van der Waals surface area contributed by atoms with Gasteiger partial charge in [-0.2, -0.15) is 0 Å². The number of anilines is 1. The largest absolute Gasteiger partial charge is 0.325 e. The number of benzene rings is 2. The summed E-state index contributed by atoms with van der Waals surface area (Å²) < 4.78 is 13.0. The van der Waals surface area contributed by atoms with E-state index in [0.29, 0.717) is 18.2 Å². The first-order valence-corrected chi connectivity index (χ1v) is 10.9. The maximum absolute atomic E-state index is 13.0. The number of amides is 1. The first-order chi connectivity index (χ1) is 15.0. The number of nitrogens with zero attached hydrogens (tertiary/aromatic N) is 2. The first-order valence-electron chi connectivity index (χ1n) is 10.5. The number of likely N-dealkylation sites (tertiary alicyclic amines) is 1. The third-order valence-electron chi connectivity index (χ3n) is 5.59. The lowest BCUT2D eigenvalue weighted by Gasteiger charge is -2.32. The fraction of sp³-hybridized carbons (Fsp3) is 0.280. The summed E-state index contributed by atoms with van der Waals surface area (Å²) >= 11 is 5.96. The maximum atomic E-state index is 13.0. The van der Waals surface area contributed by atoms with Crippen molar-refractivity contribution in [1.82, 2.24) is 9.88 Å². The lowest BCUT2D eigenvalue weighted by Crippen LogP contribution is -2.40. The van der Waals surface area contributed by atoms with Crippen LogP contribution < -0.4 is 5.32 Å². The molecule has 1 unspecified atom stereocenters. The summed E-state index contributed by atoms with van der Waals surface area (Å²) in [7, 11) is 0. The van der Waals surface area contributed by atoms with Crippen molar-refractivity contribution in [3.05, 3.63) is 94.5 Å². The quantitative estimate of drug-likeness (QED) is 0.570. The highest BCUT2D eigenvalue weighted by atomic mass is 35.5. The molecule has 6 heteroatoms. The van der Waals surface area contributed by atoms with E-state index in [2.05, 4.69) is 22.3 Å². The molecule has 2 aromatic carbocycles. The van der Waals surface area contributed by atoms with Crippen LogP contribution >= 0.6 is 11.6 Å². The van der Waals surface area contributed by atoms with E-state index in [0.717, 1.165) is 48.6 Å². The molecule has 2 heterocycles. The summed E-state index contributed by atoms with van der Waals surface area (Å²) in [6.45, 7) is 2.02. The summed E-state index contributed by atoms with van der Waals surface area (Å²) in [5.74, 6) is -0.0842. The van der Waals surface area contributed by atoms with Gasteiger partial charge in [-0.15, -0.1) is 0 Å². The van der Waals surface area contributed by atoms with Crippen LogP contribution in [0.2, 0.25) is 5.02 Å². The van der Waals surface area contributed by atoms with E-state index in [1.165, 1.54) is 17.7 Å². The number of pyridine rings is 1. The summed E-state index contributed by atoms with van der Waals surface area (Å²) in [6.07, 6.45) is 4.87. The molecule has 4 rings (SSSR count). The molecule has 31 heavy (non-hydrogen) atoms. The van der Waals surface area contributed by atoms with Crippen LogP contribution in [-0.2, 0) is 11.2 Å². The lowest BCUT2D eigenvalue weighted by atomic mass is 9.93. The van der Waals surface area contributed by atoms with Crippen molar-refractivity contribution in [3.63, 3.8) is 0 Å². The minimum Gasteiger partial charge on any atom is -0.325 e. The third-order valence-corrected chi connectivity index (χ3v) is 5.84. The van der Waals surface area contributed by atoms with Gasteiger partial charge in [-0.25, -0.2) is 4.39 Å². The van der Waals surface area contributed by atoms with Crippen LogP contribution in [0, 0.1) is 5.82 Å². The van der Waals surface area contributed by atoms with E-state index in [4.69, 9.17) is 16.6 Å². The lowest BCUT2D eigenvalue weighted by molar-refractivity contribution is -0.117. The predicted molar refractivity (Wildman–Crippen MR) is 122 cm³/mol. The molecular formula is C25H25ClFN3O. The zero-order valence-corrected chi connectivity index (χ0v) is 18.0. The number of rotatable bonds is 6. The number of hydrogen-bond acceptors (Lipinski definition) is 3. The van der Waals surface area contributed by atoms with Crippen molar-refractivity contribution < 1.29 is 9.18 Å². The Morgan fingerprint density at radius 3 is 2.52 bits per heavy atom. The van der Waals surface area contributed by atoms with Gasteiger partial charge in [-0.1, -0.05) is 29.8 Å². The highest BCUT2D eigenvalue weighted by Crippen LogP contribution is 2.26. The number of halogens is 2. The number of piperidine rings is 1. The minimum absolute atomic E-state index is 0.0847. The van der Waals surface area contributed by atoms with Gasteiger partial charge in [0.05, 0.1) is 6.54 Å². The molecule has 0 bridgehead atoms. The van der Waals surface area contributed by atoms with Crippen molar-refractivity contribution in [2.24, 2.45) is 0 Å². The highest BCUT2D eigenvalue weighted by molar-refractivity contribution is 6.30. The minimum atomic E-state index is -0.316. The van der Waals surface area contributed by atoms with Crippen LogP contribution in [0.3, 0.4) is 0 Å². The Labute approximate surface area is 187 Å². The Kier molecular flexibility index (Phi) is 6.95. The van der Waals surface area contributed by atoms with Crippen molar-refractivity contribution in [3.8, 4) is 0 Å². The number of carbonyl (C=O) groups excluding carboxylic acids is 1. The monoisotopic (exact) mass is 437 g/mol. The summed E-state index contributed by atoms with van der Waals surface area (Å²) in [5.41, 5.74) is 4.05. The van der Waals surface area contributed by atoms with E-state index >= 15 is 0 Å². The SMILES string of the molecule is O=C(CN1CCCC(c2ccc(Cc3ccc(Cl)cc3)cn2)C1)Nc1ccc(F)cc1. The van der Waals surface area contributed by atoms with Crippen molar-refractivity contribution >= 4 is 23.2 Å². The molecule has 1 N–H and O–H groups in total. The summed E-state index contributed by atoms with van der Waals surface area (Å²) in [5, 5.41) is 3.58. The van der Waals surface area contributed by atoms with Gasteiger partial charge in [0.15, 0.2) is 0 Å². The predicted octanol–water partition coefficient (Wildman–Crippen LogP) is 5.28. The van der Waals surface area contributed by atoms with E-state index in [-0.39, 0.29) is 11.7 Å². The molecule has 1 fully saturated rings. The zero-order chi connectivity index (χ0) is 21.6. The van der Waals surface area contributed by atoms with Crippen molar-refractivity contribution in [2.45, 2.75) is 25.2 Å². The van der Waals surface area contributed by atoms with Gasteiger partial charge in [0, 0.05) is 35.1 Å². The van der Waals surface area contributed by atoms with Gasteiger partial charge in [-0.3, -0.25) is 14.7 Å². The zero-order valence-electron chi connectivity index (χ0n) is 17.2. The molecule has 1 aliphatic rings. The fourth-order valence-electron chi connectivity index (χ4n) is 4.00. The standard InChI is InChI=1S/C25H25ClFN3O/c26-21-6-3-18(4-7-21)14-19-5-12-24(28-15-19)20-2-1-13-30(16-20)17-25(31)29-23-10-8-22(27)9-11-23/h3-12,15,20H,1-2,13-14,16-17H2,(H,29,31). The van der Waals surface area contributed by atoms with Gasteiger partial charge >= 0.3 is 0 Å². The van der Waals surface area contributed by atoms with Gasteiger partial charge < -0.3 is 5.32 Å². The maximum Gasteiger partial charge on any atom is 0.238 e. The molecule has 0 aliphatic carbocycles. The Bertz CT molecular complexity index is 1010. The second kappa shape index (κ2) is 10.0. The molecule has 1 saturated heterocycles. The van der Waals surface area contributed by atoms with Gasteiger partial charge in [-0.05, 0) is 79.4 Å². The summed E-state index contributed by atoms with van der Waals surface area (Å²) in [6, 6.07) is 17.9. The molecule has 0 saturated carbocycles. The molecule has 1 aromatic heterocycles. The van der Waals surface area contributed by atoms with Crippen LogP contribution in [0.4, 0.5) is 10.1 Å². The van der Waals surface area contributed by atoms with Crippen LogP contribution in [0.1, 0.15) is 35.6 Å². The van der Waals surface area contributed by atoms with E-state index in [1.54, 1.807) is 12.1 Å². The number of hydrogen-bond donors (Lipinski definition) is 1. The molecule has 1 aliphatic heterocycles. The normalized spacial score (nSPS) is 16.8. The van der Waals surface area contributed by atoms with E-state index in [9.17, 15) is 9.18 Å². The topological polar surface area (TPSA) is 45.2 Å². The molecule has 160 valence electrons. The van der Waals surface area contributed by atoms with E-state index < -0.39 is 0 Å². The van der Waals surface area contributed by atoms with Crippen LogP contribution in [0.15, 0.2) is 66.9 Å². The van der Waals surface area contributed by atoms with Crippen molar-refractivity contribution in [1.29, 1.82) is 0 Å². The van der Waals surface area contributed by atoms with Crippen molar-refractivity contribution in [2.75, 3.05) is 25.0 Å². The smallest absolute Gasteiger partial charge is 0.238 e. The second-order valence-corrected chi connectivity index (χ2v) is 8.46. The molecule has 1 atom stereocenters. The Morgan fingerprint density at radius 2 is 1.81 bits per heavy atom.